The lowest BCUT2D eigenvalue weighted by Gasteiger charge is -2.07. The van der Waals surface area contributed by atoms with E-state index in [1.54, 1.807) is 30.3 Å². The van der Waals surface area contributed by atoms with E-state index in [-0.39, 0.29) is 18.2 Å². The van der Waals surface area contributed by atoms with E-state index in [2.05, 4.69) is 31.8 Å². The molecule has 6 nitrogen and oxygen atoms in total. The summed E-state index contributed by atoms with van der Waals surface area (Å²) in [6, 6.07) is 10.3. The van der Waals surface area contributed by atoms with Gasteiger partial charge in [-0.1, -0.05) is 17.7 Å². The van der Waals surface area contributed by atoms with Gasteiger partial charge < -0.3 is 15.2 Å². The zero-order valence-corrected chi connectivity index (χ0v) is 15.1. The summed E-state index contributed by atoms with van der Waals surface area (Å²) in [5.74, 6) is 0.000200. The maximum Gasteiger partial charge on any atom is 0.259 e. The number of hydrazone groups is 1. The lowest BCUT2D eigenvalue weighted by atomic mass is 10.2. The van der Waals surface area contributed by atoms with E-state index >= 15 is 0 Å². The van der Waals surface area contributed by atoms with Gasteiger partial charge in [0.05, 0.1) is 24.3 Å². The van der Waals surface area contributed by atoms with Crippen LogP contribution in [0.25, 0.3) is 0 Å². The van der Waals surface area contributed by atoms with Gasteiger partial charge in [0, 0.05) is 10.7 Å². The Morgan fingerprint density at radius 1 is 1.42 bits per heavy atom. The summed E-state index contributed by atoms with van der Waals surface area (Å²) in [5.41, 5.74) is 3.80. The molecular formula is C16H15BrClN3O3. The number of halogens is 2. The van der Waals surface area contributed by atoms with E-state index in [1.165, 1.54) is 13.3 Å². The van der Waals surface area contributed by atoms with Crippen molar-refractivity contribution in [2.24, 2.45) is 5.10 Å². The molecule has 126 valence electrons. The maximum atomic E-state index is 11.7. The Bertz CT molecular complexity index is 768. The van der Waals surface area contributed by atoms with Gasteiger partial charge in [0.25, 0.3) is 5.91 Å². The minimum absolute atomic E-state index is 0.00408. The summed E-state index contributed by atoms with van der Waals surface area (Å²) in [4.78, 5) is 11.7. The first kappa shape index (κ1) is 18.1. The summed E-state index contributed by atoms with van der Waals surface area (Å²) in [7, 11) is 1.45. The van der Waals surface area contributed by atoms with Crippen LogP contribution in [0.2, 0.25) is 5.02 Å². The van der Waals surface area contributed by atoms with Crippen LogP contribution < -0.4 is 15.5 Å². The van der Waals surface area contributed by atoms with Crippen LogP contribution in [0.4, 0.5) is 5.69 Å². The quantitative estimate of drug-likeness (QED) is 0.502. The standard InChI is InChI=1S/C16H15BrClN3O3/c1-24-14-6-10(5-13(17)16(14)23)8-20-21-15(22)9-19-12-4-2-3-11(18)7-12/h2-8,19,23H,9H2,1H3,(H,21,22)/b20-8-. The number of hydrogen-bond donors (Lipinski definition) is 3. The molecule has 0 atom stereocenters. The largest absolute Gasteiger partial charge is 0.503 e. The Hall–Kier alpha value is -2.25. The first-order valence-corrected chi connectivity index (χ1v) is 8.04. The van der Waals surface area contributed by atoms with E-state index in [9.17, 15) is 9.90 Å². The molecule has 0 aliphatic carbocycles. The summed E-state index contributed by atoms with van der Waals surface area (Å²) >= 11 is 9.08. The van der Waals surface area contributed by atoms with Gasteiger partial charge in [-0.2, -0.15) is 5.10 Å². The Kier molecular flexibility index (Phi) is 6.45. The molecule has 0 saturated heterocycles. The lowest BCUT2D eigenvalue weighted by Crippen LogP contribution is -2.25. The zero-order chi connectivity index (χ0) is 17.5. The van der Waals surface area contributed by atoms with Crippen LogP contribution in [0, 0.1) is 0 Å². The molecule has 2 aromatic carbocycles. The van der Waals surface area contributed by atoms with Gasteiger partial charge in [-0.15, -0.1) is 0 Å². The third kappa shape index (κ3) is 5.14. The van der Waals surface area contributed by atoms with Crippen LogP contribution >= 0.6 is 27.5 Å². The van der Waals surface area contributed by atoms with E-state index < -0.39 is 0 Å². The molecule has 2 rings (SSSR count). The predicted molar refractivity (Wildman–Crippen MR) is 98.0 cm³/mol. The molecule has 0 fully saturated rings. The van der Waals surface area contributed by atoms with Crippen molar-refractivity contribution in [3.8, 4) is 11.5 Å². The lowest BCUT2D eigenvalue weighted by molar-refractivity contribution is -0.119. The predicted octanol–water partition coefficient (Wildman–Crippen LogP) is 3.38. The number of nitrogens with zero attached hydrogens (tertiary/aromatic N) is 1. The van der Waals surface area contributed by atoms with Crippen molar-refractivity contribution in [1.82, 2.24) is 5.43 Å². The van der Waals surface area contributed by atoms with Gasteiger partial charge >= 0.3 is 0 Å². The van der Waals surface area contributed by atoms with E-state index in [0.717, 1.165) is 5.69 Å². The number of amides is 1. The molecule has 0 unspecified atom stereocenters. The summed E-state index contributed by atoms with van der Waals surface area (Å²) in [5, 5.41) is 17.1. The monoisotopic (exact) mass is 411 g/mol. The number of anilines is 1. The average molecular weight is 413 g/mol. The third-order valence-electron chi connectivity index (χ3n) is 2.95. The summed E-state index contributed by atoms with van der Waals surface area (Å²) in [6.07, 6.45) is 1.45. The number of hydrogen-bond acceptors (Lipinski definition) is 5. The van der Waals surface area contributed by atoms with E-state index in [4.69, 9.17) is 16.3 Å². The van der Waals surface area contributed by atoms with Gasteiger partial charge in [-0.25, -0.2) is 5.43 Å². The van der Waals surface area contributed by atoms with Crippen LogP contribution in [0.5, 0.6) is 11.5 Å². The fourth-order valence-corrected chi connectivity index (χ4v) is 2.47. The highest BCUT2D eigenvalue weighted by Crippen LogP contribution is 2.34. The zero-order valence-electron chi connectivity index (χ0n) is 12.7. The molecule has 3 N–H and O–H groups in total. The normalized spacial score (nSPS) is 10.6. The average Bonchev–Trinajstić information content (AvgIpc) is 2.56. The Balaban J connectivity index is 1.89. The number of ether oxygens (including phenoxy) is 1. The second-order valence-corrected chi connectivity index (χ2v) is 6.00. The first-order valence-electron chi connectivity index (χ1n) is 6.87. The molecule has 0 heterocycles. The Morgan fingerprint density at radius 3 is 2.92 bits per heavy atom. The van der Waals surface area contributed by atoms with E-state index in [0.29, 0.717) is 20.8 Å². The molecule has 0 saturated carbocycles. The first-order chi connectivity index (χ1) is 11.5. The van der Waals surface area contributed by atoms with Gasteiger partial charge in [0.1, 0.15) is 0 Å². The fraction of sp³-hybridized carbons (Fsp3) is 0.125. The number of phenolic OH excluding ortho intramolecular Hbond substituents is 1. The molecular weight excluding hydrogens is 398 g/mol. The number of phenols is 1. The third-order valence-corrected chi connectivity index (χ3v) is 3.79. The smallest absolute Gasteiger partial charge is 0.259 e. The van der Waals surface area contributed by atoms with E-state index in [1.807, 2.05) is 6.07 Å². The highest BCUT2D eigenvalue weighted by Gasteiger charge is 2.07. The number of aromatic hydroxyl groups is 1. The minimum atomic E-state index is -0.309. The maximum absolute atomic E-state index is 11.7. The van der Waals surface area contributed by atoms with Gasteiger partial charge in [0.2, 0.25) is 0 Å². The number of carbonyl (C=O) groups is 1. The second-order valence-electron chi connectivity index (χ2n) is 4.71. The summed E-state index contributed by atoms with van der Waals surface area (Å²) < 4.78 is 5.51. The fourth-order valence-electron chi connectivity index (χ4n) is 1.82. The minimum Gasteiger partial charge on any atom is -0.503 e. The van der Waals surface area contributed by atoms with Gasteiger partial charge in [-0.3, -0.25) is 4.79 Å². The molecule has 0 aliphatic rings. The van der Waals surface area contributed by atoms with Crippen molar-refractivity contribution in [1.29, 1.82) is 0 Å². The van der Waals surface area contributed by atoms with Crippen molar-refractivity contribution in [2.75, 3.05) is 19.0 Å². The van der Waals surface area contributed by atoms with Crippen molar-refractivity contribution in [2.45, 2.75) is 0 Å². The van der Waals surface area contributed by atoms with Crippen molar-refractivity contribution in [3.05, 3.63) is 51.5 Å². The van der Waals surface area contributed by atoms with Crippen LogP contribution in [-0.2, 0) is 4.79 Å². The van der Waals surface area contributed by atoms with Crippen molar-refractivity contribution in [3.63, 3.8) is 0 Å². The molecule has 0 radical (unpaired) electrons. The Labute approximate surface area is 152 Å². The molecule has 8 heteroatoms. The number of carbonyl (C=O) groups excluding carboxylic acids is 1. The molecule has 0 aromatic heterocycles. The topological polar surface area (TPSA) is 83.0 Å². The molecule has 0 bridgehead atoms. The van der Waals surface area contributed by atoms with Gasteiger partial charge in [0.15, 0.2) is 11.5 Å². The number of benzene rings is 2. The van der Waals surface area contributed by atoms with Gasteiger partial charge in [-0.05, 0) is 51.8 Å². The number of rotatable bonds is 6. The van der Waals surface area contributed by atoms with Crippen LogP contribution in [0.3, 0.4) is 0 Å². The number of methoxy groups -OCH3 is 1. The molecule has 2 aromatic rings. The van der Waals surface area contributed by atoms with Crippen LogP contribution in [0.1, 0.15) is 5.56 Å². The number of nitrogens with one attached hydrogen (secondary N) is 2. The van der Waals surface area contributed by atoms with Crippen LogP contribution in [0.15, 0.2) is 46.0 Å². The summed E-state index contributed by atoms with van der Waals surface area (Å²) in [6.45, 7) is 0.0558. The molecule has 24 heavy (non-hydrogen) atoms. The second kappa shape index (κ2) is 8.56. The van der Waals surface area contributed by atoms with Crippen LogP contribution in [-0.4, -0.2) is 30.9 Å². The van der Waals surface area contributed by atoms with Crippen molar-refractivity contribution >= 4 is 45.3 Å². The SMILES string of the molecule is COc1cc(/C=N\NC(=O)CNc2cccc(Cl)c2)cc(Br)c1O. The molecule has 1 amide bonds. The van der Waals surface area contributed by atoms with Crippen molar-refractivity contribution < 1.29 is 14.6 Å². The highest BCUT2D eigenvalue weighted by atomic mass is 79.9. The molecule has 0 spiro atoms. The molecule has 0 aliphatic heterocycles. The highest BCUT2D eigenvalue weighted by molar-refractivity contribution is 9.10. The Morgan fingerprint density at radius 2 is 2.21 bits per heavy atom.